The second-order valence-electron chi connectivity index (χ2n) is 9.85. The molecule has 2 amide bonds. The Kier molecular flexibility index (Phi) is 8.52. The molecule has 8 heteroatoms. The summed E-state index contributed by atoms with van der Waals surface area (Å²) in [6.07, 6.45) is 5.44. The second-order valence-corrected chi connectivity index (χ2v) is 10.3. The van der Waals surface area contributed by atoms with Gasteiger partial charge in [0.05, 0.1) is 17.3 Å². The topological polar surface area (TPSA) is 97.4 Å². The quantitative estimate of drug-likeness (QED) is 0.223. The minimum atomic E-state index is -0.622. The van der Waals surface area contributed by atoms with Crippen LogP contribution in [0, 0.1) is 22.7 Å². The van der Waals surface area contributed by atoms with E-state index in [9.17, 15) is 20.1 Å². The Labute approximate surface area is 249 Å². The monoisotopic (exact) mass is 574 g/mol. The van der Waals surface area contributed by atoms with Crippen molar-refractivity contribution in [3.05, 3.63) is 124 Å². The zero-order valence-corrected chi connectivity index (χ0v) is 23.8. The lowest BCUT2D eigenvalue weighted by Crippen LogP contribution is -2.43. The standard InChI is InChI=1S/C34H27ClN4O3/c1-2-3-18-39-33(40)27(32(28(22-37)34(39)41)25-11-9-24(21-36)10-12-25)14-16-31-38(19-17-23-7-5-4-6-8-23)29-15-13-26(35)20-30(29)42-31/h4-16,20H,2-3,17-19H2,1H3/b27-14-,31-16-. The Bertz CT molecular complexity index is 1710. The third-order valence-corrected chi connectivity index (χ3v) is 7.39. The summed E-state index contributed by atoms with van der Waals surface area (Å²) in [5.74, 6) is -0.0319. The van der Waals surface area contributed by atoms with Crippen LogP contribution >= 0.6 is 11.6 Å². The molecule has 0 aliphatic carbocycles. The number of nitriles is 2. The first-order valence-electron chi connectivity index (χ1n) is 13.7. The third-order valence-electron chi connectivity index (χ3n) is 7.16. The largest absolute Gasteiger partial charge is 0.439 e. The normalized spacial score (nSPS) is 16.5. The molecule has 3 aromatic carbocycles. The number of hydrogen-bond donors (Lipinski definition) is 0. The van der Waals surface area contributed by atoms with Gasteiger partial charge in [-0.1, -0.05) is 67.4 Å². The maximum atomic E-state index is 13.8. The van der Waals surface area contributed by atoms with Crippen molar-refractivity contribution in [2.45, 2.75) is 26.2 Å². The van der Waals surface area contributed by atoms with Crippen LogP contribution in [0.4, 0.5) is 5.69 Å². The summed E-state index contributed by atoms with van der Waals surface area (Å²) in [7, 11) is 0. The number of carbonyl (C=O) groups is 2. The van der Waals surface area contributed by atoms with Gasteiger partial charge in [0.2, 0.25) is 5.88 Å². The lowest BCUT2D eigenvalue weighted by molar-refractivity contribution is -0.140. The molecule has 0 bridgehead atoms. The molecule has 0 fully saturated rings. The van der Waals surface area contributed by atoms with Crippen molar-refractivity contribution >= 4 is 34.7 Å². The zero-order chi connectivity index (χ0) is 29.6. The fraction of sp³-hybridized carbons (Fsp3) is 0.176. The van der Waals surface area contributed by atoms with E-state index in [0.717, 1.165) is 29.0 Å². The summed E-state index contributed by atoms with van der Waals surface area (Å²) in [4.78, 5) is 30.3. The molecule has 0 saturated heterocycles. The first kappa shape index (κ1) is 28.4. The summed E-state index contributed by atoms with van der Waals surface area (Å²) < 4.78 is 6.20. The highest BCUT2D eigenvalue weighted by molar-refractivity contribution is 6.31. The first-order chi connectivity index (χ1) is 20.4. The van der Waals surface area contributed by atoms with Gasteiger partial charge in [-0.3, -0.25) is 14.5 Å². The summed E-state index contributed by atoms with van der Waals surface area (Å²) in [6, 6.07) is 26.1. The summed E-state index contributed by atoms with van der Waals surface area (Å²) in [5, 5.41) is 19.9. The molecule has 0 N–H and O–H groups in total. The van der Waals surface area contributed by atoms with Crippen molar-refractivity contribution < 1.29 is 14.3 Å². The second kappa shape index (κ2) is 12.6. The Morgan fingerprint density at radius 3 is 2.33 bits per heavy atom. The van der Waals surface area contributed by atoms with Crippen molar-refractivity contribution in [1.29, 1.82) is 10.5 Å². The molecule has 42 heavy (non-hydrogen) atoms. The van der Waals surface area contributed by atoms with Crippen LogP contribution in [0.15, 0.2) is 102 Å². The van der Waals surface area contributed by atoms with E-state index < -0.39 is 11.8 Å². The third kappa shape index (κ3) is 5.69. The number of imide groups is 1. The van der Waals surface area contributed by atoms with E-state index in [1.807, 2.05) is 42.2 Å². The van der Waals surface area contributed by atoms with Gasteiger partial charge < -0.3 is 9.64 Å². The van der Waals surface area contributed by atoms with Crippen LogP contribution in [-0.2, 0) is 16.0 Å². The first-order valence-corrected chi connectivity index (χ1v) is 14.0. The van der Waals surface area contributed by atoms with E-state index in [4.69, 9.17) is 16.3 Å². The van der Waals surface area contributed by atoms with Gasteiger partial charge in [-0.2, -0.15) is 10.5 Å². The SMILES string of the molecule is CCCCN1C(=O)C(C#N)=C(c2ccc(C#N)cc2)/C(=C/C=C2\Oc3cc(Cl)ccc3N2CCc2ccccc2)C1=O. The minimum Gasteiger partial charge on any atom is -0.439 e. The molecular formula is C34H27ClN4O3. The van der Waals surface area contributed by atoms with Crippen molar-refractivity contribution in [2.24, 2.45) is 0 Å². The molecule has 5 rings (SSSR count). The van der Waals surface area contributed by atoms with E-state index in [0.29, 0.717) is 40.7 Å². The molecule has 2 aliphatic rings. The number of fused-ring (bicyclic) bond motifs is 1. The van der Waals surface area contributed by atoms with Crippen molar-refractivity contribution in [3.8, 4) is 17.9 Å². The van der Waals surface area contributed by atoms with E-state index in [1.165, 1.54) is 0 Å². The van der Waals surface area contributed by atoms with Crippen LogP contribution < -0.4 is 9.64 Å². The molecule has 2 aliphatic heterocycles. The van der Waals surface area contributed by atoms with Crippen LogP contribution in [0.5, 0.6) is 5.75 Å². The number of anilines is 1. The predicted octanol–water partition coefficient (Wildman–Crippen LogP) is 6.57. The van der Waals surface area contributed by atoms with Crippen molar-refractivity contribution in [1.82, 2.24) is 4.90 Å². The van der Waals surface area contributed by atoms with Crippen LogP contribution in [0.25, 0.3) is 5.57 Å². The van der Waals surface area contributed by atoms with E-state index in [2.05, 4.69) is 18.2 Å². The van der Waals surface area contributed by atoms with Crippen molar-refractivity contribution in [3.63, 3.8) is 0 Å². The van der Waals surface area contributed by atoms with Gasteiger partial charge in [-0.15, -0.1) is 0 Å². The van der Waals surface area contributed by atoms with Gasteiger partial charge in [0.15, 0.2) is 5.75 Å². The smallest absolute Gasteiger partial charge is 0.272 e. The molecule has 3 aromatic rings. The fourth-order valence-corrected chi connectivity index (χ4v) is 5.15. The number of ether oxygens (including phenoxy) is 1. The number of nitrogens with zero attached hydrogens (tertiary/aromatic N) is 4. The maximum Gasteiger partial charge on any atom is 0.272 e. The number of carbonyl (C=O) groups excluding carboxylic acids is 2. The van der Waals surface area contributed by atoms with Gasteiger partial charge in [-0.05, 0) is 60.4 Å². The molecule has 2 heterocycles. The summed E-state index contributed by atoms with van der Waals surface area (Å²) >= 11 is 6.25. The summed E-state index contributed by atoms with van der Waals surface area (Å²) in [5.41, 5.74) is 3.23. The molecule has 0 spiro atoms. The van der Waals surface area contributed by atoms with Crippen LogP contribution in [0.2, 0.25) is 5.02 Å². The van der Waals surface area contributed by atoms with Crippen LogP contribution in [0.3, 0.4) is 0 Å². The molecule has 0 radical (unpaired) electrons. The average Bonchev–Trinajstić information content (AvgIpc) is 3.36. The lowest BCUT2D eigenvalue weighted by Gasteiger charge is -2.28. The minimum absolute atomic E-state index is 0.122. The molecule has 0 saturated carbocycles. The Morgan fingerprint density at radius 1 is 0.881 bits per heavy atom. The number of halogens is 1. The molecule has 0 aromatic heterocycles. The maximum absolute atomic E-state index is 13.8. The number of rotatable bonds is 8. The molecular weight excluding hydrogens is 548 g/mol. The van der Waals surface area contributed by atoms with Crippen molar-refractivity contribution in [2.75, 3.05) is 18.0 Å². The predicted molar refractivity (Wildman–Crippen MR) is 161 cm³/mol. The highest BCUT2D eigenvalue weighted by Crippen LogP contribution is 2.41. The van der Waals surface area contributed by atoms with E-state index in [-0.39, 0.29) is 23.3 Å². The van der Waals surface area contributed by atoms with E-state index in [1.54, 1.807) is 48.6 Å². The number of unbranched alkanes of at least 4 members (excludes halogenated alkanes) is 1. The molecule has 0 unspecified atom stereocenters. The lowest BCUT2D eigenvalue weighted by atomic mass is 9.87. The summed E-state index contributed by atoms with van der Waals surface area (Å²) in [6.45, 7) is 2.77. The number of hydrogen-bond acceptors (Lipinski definition) is 6. The van der Waals surface area contributed by atoms with Gasteiger partial charge in [0, 0.05) is 35.3 Å². The molecule has 208 valence electrons. The van der Waals surface area contributed by atoms with Crippen LogP contribution in [-0.4, -0.2) is 29.8 Å². The molecule has 0 atom stereocenters. The highest BCUT2D eigenvalue weighted by Gasteiger charge is 2.37. The zero-order valence-electron chi connectivity index (χ0n) is 23.0. The van der Waals surface area contributed by atoms with Gasteiger partial charge in [0.1, 0.15) is 11.6 Å². The number of benzene rings is 3. The van der Waals surface area contributed by atoms with E-state index >= 15 is 0 Å². The fourth-order valence-electron chi connectivity index (χ4n) is 4.98. The molecule has 7 nitrogen and oxygen atoms in total. The number of amides is 2. The Hall–Kier alpha value is -5.11. The highest BCUT2D eigenvalue weighted by atomic mass is 35.5. The Morgan fingerprint density at radius 2 is 1.64 bits per heavy atom. The van der Waals surface area contributed by atoms with Gasteiger partial charge in [0.25, 0.3) is 11.8 Å². The Balaban J connectivity index is 1.60. The van der Waals surface area contributed by atoms with Crippen LogP contribution in [0.1, 0.15) is 36.5 Å². The number of allylic oxidation sites excluding steroid dienone is 2. The average molecular weight is 575 g/mol. The van der Waals surface area contributed by atoms with Gasteiger partial charge in [-0.25, -0.2) is 0 Å². The van der Waals surface area contributed by atoms with Gasteiger partial charge >= 0.3 is 0 Å².